The van der Waals surface area contributed by atoms with Crippen LogP contribution >= 0.6 is 22.6 Å². The number of H-pyrrole nitrogens is 1. The maximum Gasteiger partial charge on any atom is 0.254 e. The van der Waals surface area contributed by atoms with Crippen molar-refractivity contribution in [2.24, 2.45) is 11.8 Å². The lowest BCUT2D eigenvalue weighted by Crippen LogP contribution is -2.66. The van der Waals surface area contributed by atoms with Crippen LogP contribution in [0.15, 0.2) is 30.3 Å². The number of nitrogens with zero attached hydrogens (tertiary/aromatic N) is 3. The number of fused-ring (bicyclic) bond motifs is 1. The minimum atomic E-state index is -0.977. The summed E-state index contributed by atoms with van der Waals surface area (Å²) in [5.74, 6) is -0.401. The number of likely N-dealkylation sites (tertiary alicyclic amines) is 1. The van der Waals surface area contributed by atoms with E-state index in [1.807, 2.05) is 19.9 Å². The van der Waals surface area contributed by atoms with Gasteiger partial charge in [-0.15, -0.1) is 0 Å². The van der Waals surface area contributed by atoms with Crippen LogP contribution in [0, 0.1) is 21.2 Å². The molecule has 1 aliphatic heterocycles. The van der Waals surface area contributed by atoms with Gasteiger partial charge in [0.25, 0.3) is 5.91 Å². The van der Waals surface area contributed by atoms with Crippen LogP contribution in [-0.2, 0) is 6.42 Å². The quantitative estimate of drug-likeness (QED) is 0.375. The lowest BCUT2D eigenvalue weighted by Gasteiger charge is -2.50. The Morgan fingerprint density at radius 2 is 1.94 bits per heavy atom. The van der Waals surface area contributed by atoms with Gasteiger partial charge in [0.05, 0.1) is 18.7 Å². The van der Waals surface area contributed by atoms with Gasteiger partial charge in [-0.3, -0.25) is 4.79 Å². The topological polar surface area (TPSA) is 102 Å². The molecule has 1 saturated carbocycles. The van der Waals surface area contributed by atoms with E-state index in [9.17, 15) is 19.4 Å². The van der Waals surface area contributed by atoms with Crippen LogP contribution in [0.5, 0.6) is 0 Å². The molecule has 2 aromatic carbocycles. The molecule has 186 valence electrons. The number of benzene rings is 2. The largest absolute Gasteiger partial charge is 0.390 e. The number of carbonyl (C=O) groups excluding carboxylic acids is 1. The molecular weight excluding hydrogens is 562 g/mol. The van der Waals surface area contributed by atoms with Crippen LogP contribution in [0.3, 0.4) is 0 Å². The Morgan fingerprint density at radius 3 is 2.60 bits per heavy atom. The lowest BCUT2D eigenvalue weighted by atomic mass is 9.74. The molecule has 3 aromatic rings. The van der Waals surface area contributed by atoms with Crippen molar-refractivity contribution in [3.8, 4) is 0 Å². The van der Waals surface area contributed by atoms with E-state index in [2.05, 4.69) is 38.0 Å². The Hall–Kier alpha value is -2.11. The van der Waals surface area contributed by atoms with Crippen LogP contribution in [0.1, 0.15) is 61.0 Å². The number of nitrogens with one attached hydrogen (secondary N) is 1. The number of amides is 1. The fourth-order valence-corrected chi connectivity index (χ4v) is 6.08. The van der Waals surface area contributed by atoms with Gasteiger partial charge < -0.3 is 15.1 Å². The normalized spacial score (nSPS) is 24.5. The summed E-state index contributed by atoms with van der Waals surface area (Å²) in [4.78, 5) is 15.2. The molecule has 2 heterocycles. The van der Waals surface area contributed by atoms with Gasteiger partial charge in [-0.25, -0.2) is 4.39 Å². The molecule has 2 unspecified atom stereocenters. The van der Waals surface area contributed by atoms with Crippen LogP contribution in [0.25, 0.3) is 11.0 Å². The highest BCUT2D eigenvalue weighted by atomic mass is 127. The van der Waals surface area contributed by atoms with E-state index in [1.54, 1.807) is 23.1 Å². The summed E-state index contributed by atoms with van der Waals surface area (Å²) in [6.07, 6.45) is 3.74. The smallest absolute Gasteiger partial charge is 0.254 e. The highest BCUT2D eigenvalue weighted by molar-refractivity contribution is 14.1. The number of aliphatic hydroxyl groups is 2. The molecule has 0 spiro atoms. The second-order valence-corrected chi connectivity index (χ2v) is 11.8. The molecule has 0 radical (unpaired) electrons. The predicted octanol–water partition coefficient (Wildman–Crippen LogP) is 4.06. The standard InChI is InChI=1S/C26H30FIN4O3/c1-15(8-18-4-3-7-25(18,2)34)26(35)13-32(14-26)24(33)20-12-23-22(29-31-30-23)10-17(20)9-16-5-6-19(28)11-21(16)27/h5-6,10-12,15,18,34-35H,3-4,7-9,13-14H2,1-2H3,(H,29,30,31)/t15-,18?,25?/m1/s1. The SMILES string of the molecule is C[C@H](CC1CCCC1(C)O)C1(O)CN(C(=O)c2cc3n[nH]nc3cc2Cc2ccc(I)cc2F)C1. The Morgan fingerprint density at radius 1 is 1.23 bits per heavy atom. The fourth-order valence-electron chi connectivity index (χ4n) is 5.63. The van der Waals surface area contributed by atoms with Gasteiger partial charge in [0, 0.05) is 15.6 Å². The average molecular weight is 592 g/mol. The Kier molecular flexibility index (Phi) is 6.38. The molecule has 35 heavy (non-hydrogen) atoms. The number of carbonyl (C=O) groups is 1. The van der Waals surface area contributed by atoms with Crippen molar-refractivity contribution in [2.45, 2.75) is 57.2 Å². The molecule has 3 N–H and O–H groups in total. The third-order valence-corrected chi connectivity index (χ3v) is 8.73. The molecule has 3 atom stereocenters. The van der Waals surface area contributed by atoms with Crippen LogP contribution in [0.4, 0.5) is 4.39 Å². The molecule has 0 bridgehead atoms. The summed E-state index contributed by atoms with van der Waals surface area (Å²) in [6.45, 7) is 4.35. The van der Waals surface area contributed by atoms with Crippen molar-refractivity contribution in [2.75, 3.05) is 13.1 Å². The highest BCUT2D eigenvalue weighted by Crippen LogP contribution is 2.43. The molecule has 5 rings (SSSR count). The van der Waals surface area contributed by atoms with E-state index in [0.717, 1.165) is 29.3 Å². The van der Waals surface area contributed by atoms with Crippen molar-refractivity contribution in [1.29, 1.82) is 0 Å². The van der Waals surface area contributed by atoms with E-state index in [-0.39, 0.29) is 43.1 Å². The lowest BCUT2D eigenvalue weighted by molar-refractivity contribution is -0.125. The zero-order valence-electron chi connectivity index (χ0n) is 19.9. The highest BCUT2D eigenvalue weighted by Gasteiger charge is 2.50. The number of hydrogen-bond donors (Lipinski definition) is 3. The molecule has 7 nitrogen and oxygen atoms in total. The van der Waals surface area contributed by atoms with Crippen molar-refractivity contribution in [3.05, 3.63) is 56.4 Å². The Labute approximate surface area is 217 Å². The number of aromatic amines is 1. The maximum atomic E-state index is 14.6. The van der Waals surface area contributed by atoms with E-state index >= 15 is 0 Å². The monoisotopic (exact) mass is 592 g/mol. The van der Waals surface area contributed by atoms with E-state index < -0.39 is 11.2 Å². The summed E-state index contributed by atoms with van der Waals surface area (Å²) in [6, 6.07) is 8.52. The molecule has 9 heteroatoms. The van der Waals surface area contributed by atoms with Crippen molar-refractivity contribution in [1.82, 2.24) is 20.3 Å². The Bertz CT molecular complexity index is 1270. The minimum absolute atomic E-state index is 0.0421. The average Bonchev–Trinajstić information content (AvgIpc) is 3.37. The van der Waals surface area contributed by atoms with Crippen molar-refractivity contribution < 1.29 is 19.4 Å². The van der Waals surface area contributed by atoms with Gasteiger partial charge in [0.15, 0.2) is 0 Å². The van der Waals surface area contributed by atoms with Gasteiger partial charge in [0.1, 0.15) is 22.5 Å². The Balaban J connectivity index is 1.35. The molecule has 1 saturated heterocycles. The molecular formula is C26H30FIN4O3. The molecule has 2 fully saturated rings. The number of hydrogen-bond acceptors (Lipinski definition) is 5. The first kappa shape index (κ1) is 24.6. The molecule has 1 aromatic heterocycles. The molecule has 1 aliphatic carbocycles. The molecule has 1 amide bonds. The first-order chi connectivity index (χ1) is 16.6. The summed E-state index contributed by atoms with van der Waals surface area (Å²) in [5.41, 5.74) is 1.12. The zero-order chi connectivity index (χ0) is 25.0. The van der Waals surface area contributed by atoms with Gasteiger partial charge in [-0.05, 0) is 96.0 Å². The zero-order valence-corrected chi connectivity index (χ0v) is 22.0. The summed E-state index contributed by atoms with van der Waals surface area (Å²) in [5, 5.41) is 32.7. The van der Waals surface area contributed by atoms with E-state index in [4.69, 9.17) is 0 Å². The van der Waals surface area contributed by atoms with Gasteiger partial charge in [-0.1, -0.05) is 19.4 Å². The van der Waals surface area contributed by atoms with Crippen LogP contribution in [0.2, 0.25) is 0 Å². The maximum absolute atomic E-state index is 14.6. The van der Waals surface area contributed by atoms with Crippen LogP contribution < -0.4 is 0 Å². The third-order valence-electron chi connectivity index (χ3n) is 8.05. The number of halogens is 2. The van der Waals surface area contributed by atoms with Crippen molar-refractivity contribution >= 4 is 39.5 Å². The first-order valence-electron chi connectivity index (χ1n) is 12.1. The minimum Gasteiger partial charge on any atom is -0.390 e. The van der Waals surface area contributed by atoms with Gasteiger partial charge in [-0.2, -0.15) is 15.4 Å². The second kappa shape index (κ2) is 9.08. The van der Waals surface area contributed by atoms with Crippen molar-refractivity contribution in [3.63, 3.8) is 0 Å². The van der Waals surface area contributed by atoms with Gasteiger partial charge in [0.2, 0.25) is 0 Å². The number of aromatic nitrogens is 3. The summed E-state index contributed by atoms with van der Waals surface area (Å²) >= 11 is 2.07. The molecule has 2 aliphatic rings. The third kappa shape index (κ3) is 4.70. The van der Waals surface area contributed by atoms with E-state index in [0.29, 0.717) is 27.7 Å². The number of β-amino-alcohol motifs (C(OH)–C–C–N with tert-alkyl or cyclic N) is 1. The summed E-state index contributed by atoms with van der Waals surface area (Å²) in [7, 11) is 0. The summed E-state index contributed by atoms with van der Waals surface area (Å²) < 4.78 is 15.4. The predicted molar refractivity (Wildman–Crippen MR) is 138 cm³/mol. The number of rotatable bonds is 6. The van der Waals surface area contributed by atoms with Crippen LogP contribution in [-0.4, -0.2) is 60.7 Å². The fraction of sp³-hybridized carbons (Fsp3) is 0.500. The first-order valence-corrected chi connectivity index (χ1v) is 13.1. The van der Waals surface area contributed by atoms with E-state index in [1.165, 1.54) is 6.07 Å². The van der Waals surface area contributed by atoms with Gasteiger partial charge >= 0.3 is 0 Å². The second-order valence-electron chi connectivity index (χ2n) is 10.6.